The number of amides is 1. The monoisotopic (exact) mass is 275 g/mol. The predicted molar refractivity (Wildman–Crippen MR) is 76.2 cm³/mol. The molecule has 1 fully saturated rings. The van der Waals surface area contributed by atoms with Crippen LogP contribution in [0.1, 0.15) is 18.4 Å². The molecule has 1 atom stereocenters. The first kappa shape index (κ1) is 14.2. The highest BCUT2D eigenvalue weighted by molar-refractivity contribution is 5.92. The number of hydrogen-bond donors (Lipinski definition) is 2. The van der Waals surface area contributed by atoms with Crippen molar-refractivity contribution in [3.8, 4) is 0 Å². The molecule has 20 heavy (non-hydrogen) atoms. The van der Waals surface area contributed by atoms with E-state index >= 15 is 0 Å². The second-order valence-electron chi connectivity index (χ2n) is 4.74. The maximum absolute atomic E-state index is 11.7. The maximum atomic E-state index is 11.7. The molecule has 1 amide bonds. The van der Waals surface area contributed by atoms with Gasteiger partial charge in [-0.25, -0.2) is 0 Å². The van der Waals surface area contributed by atoms with Gasteiger partial charge >= 0.3 is 0 Å². The van der Waals surface area contributed by atoms with E-state index < -0.39 is 4.92 Å². The highest BCUT2D eigenvalue weighted by Crippen LogP contribution is 2.14. The van der Waals surface area contributed by atoms with Crippen molar-refractivity contribution in [2.45, 2.75) is 18.9 Å². The number of carbonyl (C=O) groups is 1. The molecule has 2 N–H and O–H groups in total. The van der Waals surface area contributed by atoms with E-state index in [1.807, 2.05) is 0 Å². The van der Waals surface area contributed by atoms with E-state index in [2.05, 4.69) is 10.6 Å². The minimum Gasteiger partial charge on any atom is -0.349 e. The van der Waals surface area contributed by atoms with Crippen molar-refractivity contribution in [3.63, 3.8) is 0 Å². The average molecular weight is 275 g/mol. The van der Waals surface area contributed by atoms with E-state index in [1.165, 1.54) is 18.2 Å². The number of carbonyl (C=O) groups excluding carboxylic acids is 1. The van der Waals surface area contributed by atoms with E-state index in [1.54, 1.807) is 18.2 Å². The Hall–Kier alpha value is -2.21. The van der Waals surface area contributed by atoms with Crippen molar-refractivity contribution in [2.24, 2.45) is 0 Å². The molecule has 0 saturated carbocycles. The summed E-state index contributed by atoms with van der Waals surface area (Å²) in [7, 11) is 0. The van der Waals surface area contributed by atoms with Crippen LogP contribution in [0.25, 0.3) is 6.08 Å². The summed E-state index contributed by atoms with van der Waals surface area (Å²) in [4.78, 5) is 21.9. The molecule has 0 bridgehead atoms. The summed E-state index contributed by atoms with van der Waals surface area (Å²) in [5.41, 5.74) is 0.653. The van der Waals surface area contributed by atoms with Gasteiger partial charge in [0, 0.05) is 30.8 Å². The Labute approximate surface area is 117 Å². The zero-order chi connectivity index (χ0) is 14.4. The molecule has 0 aromatic heterocycles. The van der Waals surface area contributed by atoms with E-state index in [0.717, 1.165) is 25.9 Å². The average Bonchev–Trinajstić information content (AvgIpc) is 2.46. The van der Waals surface area contributed by atoms with Crippen LogP contribution in [0.2, 0.25) is 0 Å². The number of nitrogens with one attached hydrogen (secondary N) is 2. The number of piperidine rings is 1. The second kappa shape index (κ2) is 6.81. The van der Waals surface area contributed by atoms with Gasteiger partial charge in [-0.05, 0) is 31.0 Å². The summed E-state index contributed by atoms with van der Waals surface area (Å²) in [6.45, 7) is 1.78. The Morgan fingerprint density at radius 3 is 3.05 bits per heavy atom. The molecular weight excluding hydrogens is 258 g/mol. The number of hydrogen-bond acceptors (Lipinski definition) is 4. The quantitative estimate of drug-likeness (QED) is 0.495. The Morgan fingerprint density at radius 2 is 2.35 bits per heavy atom. The molecule has 6 nitrogen and oxygen atoms in total. The Bertz CT molecular complexity index is 522. The summed E-state index contributed by atoms with van der Waals surface area (Å²) in [6, 6.07) is 6.34. The van der Waals surface area contributed by atoms with Gasteiger partial charge in [-0.2, -0.15) is 0 Å². The number of nitro benzene ring substituents is 1. The molecule has 1 aromatic rings. The first-order valence-corrected chi connectivity index (χ1v) is 6.59. The van der Waals surface area contributed by atoms with Crippen molar-refractivity contribution >= 4 is 17.7 Å². The third-order valence-corrected chi connectivity index (χ3v) is 3.15. The molecule has 2 rings (SSSR count). The fourth-order valence-electron chi connectivity index (χ4n) is 2.14. The fourth-order valence-corrected chi connectivity index (χ4v) is 2.14. The standard InChI is InChI=1S/C14H17N3O3/c18-14(16-12-4-2-8-15-10-12)7-6-11-3-1-5-13(9-11)17(19)20/h1,3,5-7,9,12,15H,2,4,8,10H2,(H,16,18)/b7-6+/t12-/m0/s1. The number of non-ortho nitro benzene ring substituents is 1. The summed E-state index contributed by atoms with van der Waals surface area (Å²) in [5, 5.41) is 16.8. The lowest BCUT2D eigenvalue weighted by Gasteiger charge is -2.23. The summed E-state index contributed by atoms with van der Waals surface area (Å²) >= 11 is 0. The maximum Gasteiger partial charge on any atom is 0.270 e. The van der Waals surface area contributed by atoms with Crippen LogP contribution in [-0.4, -0.2) is 30.0 Å². The van der Waals surface area contributed by atoms with Gasteiger partial charge in [0.25, 0.3) is 5.69 Å². The van der Waals surface area contributed by atoms with E-state index in [-0.39, 0.29) is 17.6 Å². The highest BCUT2D eigenvalue weighted by atomic mass is 16.6. The number of nitro groups is 1. The van der Waals surface area contributed by atoms with E-state index in [9.17, 15) is 14.9 Å². The lowest BCUT2D eigenvalue weighted by atomic mass is 10.1. The Balaban J connectivity index is 1.92. The number of nitrogens with zero attached hydrogens (tertiary/aromatic N) is 1. The van der Waals surface area contributed by atoms with Gasteiger partial charge in [-0.15, -0.1) is 0 Å². The van der Waals surface area contributed by atoms with Crippen LogP contribution in [-0.2, 0) is 4.79 Å². The summed E-state index contributed by atoms with van der Waals surface area (Å²) < 4.78 is 0. The molecule has 1 aliphatic rings. The number of rotatable bonds is 4. The summed E-state index contributed by atoms with van der Waals surface area (Å²) in [6.07, 6.45) is 5.02. The van der Waals surface area contributed by atoms with Crippen molar-refractivity contribution in [2.75, 3.05) is 13.1 Å². The van der Waals surface area contributed by atoms with E-state index in [4.69, 9.17) is 0 Å². The second-order valence-corrected chi connectivity index (χ2v) is 4.74. The minimum absolute atomic E-state index is 0.0176. The van der Waals surface area contributed by atoms with Crippen molar-refractivity contribution < 1.29 is 9.72 Å². The minimum atomic E-state index is -0.453. The molecule has 1 aliphatic heterocycles. The van der Waals surface area contributed by atoms with Gasteiger partial charge < -0.3 is 10.6 Å². The van der Waals surface area contributed by atoms with Crippen LogP contribution in [0.4, 0.5) is 5.69 Å². The third kappa shape index (κ3) is 4.17. The van der Waals surface area contributed by atoms with Crippen LogP contribution >= 0.6 is 0 Å². The largest absolute Gasteiger partial charge is 0.349 e. The number of benzene rings is 1. The third-order valence-electron chi connectivity index (χ3n) is 3.15. The molecule has 0 radical (unpaired) electrons. The van der Waals surface area contributed by atoms with Gasteiger partial charge in [0.05, 0.1) is 4.92 Å². The zero-order valence-corrected chi connectivity index (χ0v) is 11.0. The van der Waals surface area contributed by atoms with Crippen molar-refractivity contribution in [3.05, 3.63) is 46.0 Å². The molecule has 0 aliphatic carbocycles. The molecule has 1 saturated heterocycles. The zero-order valence-electron chi connectivity index (χ0n) is 11.0. The summed E-state index contributed by atoms with van der Waals surface area (Å²) in [5.74, 6) is -0.176. The van der Waals surface area contributed by atoms with Gasteiger partial charge in [-0.3, -0.25) is 14.9 Å². The van der Waals surface area contributed by atoms with E-state index in [0.29, 0.717) is 5.56 Å². The van der Waals surface area contributed by atoms with Gasteiger partial charge in [0.2, 0.25) is 5.91 Å². The smallest absolute Gasteiger partial charge is 0.270 e. The van der Waals surface area contributed by atoms with Crippen molar-refractivity contribution in [1.82, 2.24) is 10.6 Å². The van der Waals surface area contributed by atoms with Gasteiger partial charge in [0.15, 0.2) is 0 Å². The molecule has 1 aromatic carbocycles. The molecule has 0 unspecified atom stereocenters. The first-order valence-electron chi connectivity index (χ1n) is 6.59. The van der Waals surface area contributed by atoms with Crippen LogP contribution in [0, 0.1) is 10.1 Å². The molecule has 0 spiro atoms. The van der Waals surface area contributed by atoms with Crippen molar-refractivity contribution in [1.29, 1.82) is 0 Å². The Morgan fingerprint density at radius 1 is 1.50 bits per heavy atom. The highest BCUT2D eigenvalue weighted by Gasteiger charge is 2.13. The van der Waals surface area contributed by atoms with Crippen LogP contribution < -0.4 is 10.6 Å². The van der Waals surface area contributed by atoms with Crippen LogP contribution in [0.15, 0.2) is 30.3 Å². The topological polar surface area (TPSA) is 84.3 Å². The van der Waals surface area contributed by atoms with Gasteiger partial charge in [-0.1, -0.05) is 12.1 Å². The normalized spacial score (nSPS) is 18.9. The fraction of sp³-hybridized carbons (Fsp3) is 0.357. The Kier molecular flexibility index (Phi) is 4.84. The molecular formula is C14H17N3O3. The molecule has 106 valence electrons. The molecule has 6 heteroatoms. The SMILES string of the molecule is O=C(/C=C/c1cccc([N+](=O)[O-])c1)N[C@H]1CCCNC1. The van der Waals surface area contributed by atoms with Gasteiger partial charge in [0.1, 0.15) is 0 Å². The molecule has 1 heterocycles. The first-order chi connectivity index (χ1) is 9.65. The van der Waals surface area contributed by atoms with Crippen LogP contribution in [0.3, 0.4) is 0 Å². The lowest BCUT2D eigenvalue weighted by molar-refractivity contribution is -0.384. The lowest BCUT2D eigenvalue weighted by Crippen LogP contribution is -2.45. The predicted octanol–water partition coefficient (Wildman–Crippen LogP) is 1.48. The van der Waals surface area contributed by atoms with Crippen LogP contribution in [0.5, 0.6) is 0 Å².